The number of hydrogen-bond acceptors (Lipinski definition) is 2. The summed E-state index contributed by atoms with van der Waals surface area (Å²) in [6.45, 7) is 0. The maximum absolute atomic E-state index is 6.20. The Bertz CT molecular complexity index is 2850. The van der Waals surface area contributed by atoms with E-state index in [4.69, 9.17) is 5.73 Å². The lowest BCUT2D eigenvalue weighted by molar-refractivity contribution is 0.809. The lowest BCUT2D eigenvalue weighted by Crippen LogP contribution is -2.26. The number of anilines is 3. The van der Waals surface area contributed by atoms with E-state index in [9.17, 15) is 0 Å². The molecule has 0 aliphatic heterocycles. The molecule has 1 spiro atoms. The summed E-state index contributed by atoms with van der Waals surface area (Å²) in [5.41, 5.74) is 21.6. The van der Waals surface area contributed by atoms with Gasteiger partial charge in [0.2, 0.25) is 0 Å². The molecule has 11 rings (SSSR count). The number of para-hydroxylation sites is 2. The molecule has 2 aliphatic rings. The zero-order valence-corrected chi connectivity index (χ0v) is 27.8. The van der Waals surface area contributed by atoms with Crippen molar-refractivity contribution in [2.24, 2.45) is 0 Å². The van der Waals surface area contributed by atoms with E-state index in [0.717, 1.165) is 17.1 Å². The minimum atomic E-state index is -0.463. The second kappa shape index (κ2) is 10.4. The topological polar surface area (TPSA) is 38.0 Å². The lowest BCUT2D eigenvalue weighted by atomic mass is 9.68. The van der Waals surface area contributed by atoms with Crippen LogP contribution in [0.25, 0.3) is 65.7 Å². The molecule has 0 atom stereocenters. The second-order valence-corrected chi connectivity index (χ2v) is 13.9. The summed E-state index contributed by atoms with van der Waals surface area (Å²) < 4.78 is 0. The van der Waals surface area contributed by atoms with Crippen molar-refractivity contribution in [3.05, 3.63) is 198 Å². The van der Waals surface area contributed by atoms with Crippen LogP contribution in [-0.2, 0) is 5.41 Å². The van der Waals surface area contributed by atoms with Crippen LogP contribution in [0.4, 0.5) is 17.1 Å². The standard InChI is InChI=1S/C49H32N2/c50-44-19-9-10-20-45(44)51-33-25-21-30(22-26-33)31-23-27-34-32(29-31)24-28-41-46-39-15-3-1-11-35(39)36-12-2-4-16-40(36)48(46)49(47(34)41)42-17-7-5-13-37(42)38-14-6-8-18-43(38)49/h1-29,51H,50H2. The summed E-state index contributed by atoms with van der Waals surface area (Å²) in [6.07, 6.45) is 0. The highest BCUT2D eigenvalue weighted by Gasteiger charge is 2.53. The summed E-state index contributed by atoms with van der Waals surface area (Å²) in [5, 5.41) is 11.2. The number of nitrogen functional groups attached to an aromatic ring is 1. The van der Waals surface area contributed by atoms with Gasteiger partial charge in [-0.25, -0.2) is 0 Å². The van der Waals surface area contributed by atoms with E-state index in [0.29, 0.717) is 0 Å². The Kier molecular flexibility index (Phi) is 5.77. The highest BCUT2D eigenvalue weighted by Crippen LogP contribution is 2.66. The molecule has 0 saturated heterocycles. The molecule has 0 heterocycles. The van der Waals surface area contributed by atoms with Crippen molar-refractivity contribution in [1.82, 2.24) is 0 Å². The van der Waals surface area contributed by atoms with Crippen LogP contribution in [0.15, 0.2) is 176 Å². The first kappa shape index (κ1) is 28.2. The van der Waals surface area contributed by atoms with Crippen LogP contribution in [0.5, 0.6) is 0 Å². The maximum Gasteiger partial charge on any atom is 0.0737 e. The SMILES string of the molecule is Nc1ccccc1Nc1ccc(-c2ccc3c4c(ccc3c2)-c2c(c3ccccc3c3ccccc23)C42c3ccccc3-c3ccccc32)cc1. The molecular weight excluding hydrogens is 617 g/mol. The van der Waals surface area contributed by atoms with Gasteiger partial charge in [0.15, 0.2) is 0 Å². The molecule has 9 aromatic rings. The molecule has 0 radical (unpaired) electrons. The van der Waals surface area contributed by atoms with E-state index in [2.05, 4.69) is 157 Å². The van der Waals surface area contributed by atoms with E-state index >= 15 is 0 Å². The predicted octanol–water partition coefficient (Wildman–Crippen LogP) is 12.5. The average molecular weight is 649 g/mol. The highest BCUT2D eigenvalue weighted by atomic mass is 14.9. The van der Waals surface area contributed by atoms with Gasteiger partial charge >= 0.3 is 0 Å². The minimum absolute atomic E-state index is 0.463. The molecule has 2 nitrogen and oxygen atoms in total. The van der Waals surface area contributed by atoms with Crippen molar-refractivity contribution in [3.8, 4) is 33.4 Å². The van der Waals surface area contributed by atoms with Crippen molar-refractivity contribution in [2.75, 3.05) is 11.1 Å². The normalized spacial score (nSPS) is 13.3. The monoisotopic (exact) mass is 648 g/mol. The van der Waals surface area contributed by atoms with E-state index in [1.165, 1.54) is 88.0 Å². The molecule has 2 heteroatoms. The van der Waals surface area contributed by atoms with Gasteiger partial charge < -0.3 is 11.1 Å². The van der Waals surface area contributed by atoms with Gasteiger partial charge in [0.1, 0.15) is 0 Å². The third kappa shape index (κ3) is 3.76. The van der Waals surface area contributed by atoms with Crippen molar-refractivity contribution >= 4 is 49.4 Å². The highest BCUT2D eigenvalue weighted by molar-refractivity contribution is 6.21. The van der Waals surface area contributed by atoms with Crippen LogP contribution in [0, 0.1) is 0 Å². The number of fused-ring (bicyclic) bond motifs is 17. The zero-order valence-electron chi connectivity index (χ0n) is 27.8. The Morgan fingerprint density at radius 1 is 0.412 bits per heavy atom. The van der Waals surface area contributed by atoms with Crippen molar-refractivity contribution in [1.29, 1.82) is 0 Å². The summed E-state index contributed by atoms with van der Waals surface area (Å²) in [5.74, 6) is 0. The smallest absolute Gasteiger partial charge is 0.0737 e. The maximum atomic E-state index is 6.20. The number of nitrogens with two attached hydrogens (primary N) is 1. The van der Waals surface area contributed by atoms with Gasteiger partial charge in [-0.3, -0.25) is 0 Å². The van der Waals surface area contributed by atoms with Gasteiger partial charge in [-0.1, -0.05) is 146 Å². The first-order valence-electron chi connectivity index (χ1n) is 17.6. The summed E-state index contributed by atoms with van der Waals surface area (Å²) in [7, 11) is 0. The Morgan fingerprint density at radius 3 is 1.73 bits per heavy atom. The van der Waals surface area contributed by atoms with E-state index in [1.54, 1.807) is 0 Å². The first-order chi connectivity index (χ1) is 25.2. The average Bonchev–Trinajstić information content (AvgIpc) is 3.67. The summed E-state index contributed by atoms with van der Waals surface area (Å²) >= 11 is 0. The van der Waals surface area contributed by atoms with E-state index in [1.807, 2.05) is 24.3 Å². The molecular formula is C49H32N2. The van der Waals surface area contributed by atoms with Crippen LogP contribution in [0.2, 0.25) is 0 Å². The van der Waals surface area contributed by atoms with Gasteiger partial charge in [-0.05, 0) is 118 Å². The Morgan fingerprint density at radius 2 is 1.00 bits per heavy atom. The number of benzene rings is 9. The van der Waals surface area contributed by atoms with Gasteiger partial charge in [0, 0.05) is 5.69 Å². The predicted molar refractivity (Wildman–Crippen MR) is 215 cm³/mol. The van der Waals surface area contributed by atoms with Crippen LogP contribution >= 0.6 is 0 Å². The van der Waals surface area contributed by atoms with Gasteiger partial charge in [0.25, 0.3) is 0 Å². The number of nitrogens with one attached hydrogen (secondary N) is 1. The van der Waals surface area contributed by atoms with E-state index < -0.39 is 5.41 Å². The van der Waals surface area contributed by atoms with E-state index in [-0.39, 0.29) is 0 Å². The number of rotatable bonds is 3. The van der Waals surface area contributed by atoms with Gasteiger partial charge in [-0.15, -0.1) is 0 Å². The molecule has 0 saturated carbocycles. The minimum Gasteiger partial charge on any atom is -0.397 e. The first-order valence-corrected chi connectivity index (χ1v) is 17.6. The van der Waals surface area contributed by atoms with Crippen LogP contribution in [0.1, 0.15) is 22.3 Å². The van der Waals surface area contributed by atoms with Gasteiger partial charge in [0.05, 0.1) is 16.8 Å². The third-order valence-corrected chi connectivity index (χ3v) is 11.4. The van der Waals surface area contributed by atoms with Crippen molar-refractivity contribution < 1.29 is 0 Å². The van der Waals surface area contributed by atoms with Gasteiger partial charge in [-0.2, -0.15) is 0 Å². The quantitative estimate of drug-likeness (QED) is 0.148. The molecule has 51 heavy (non-hydrogen) atoms. The molecule has 0 unspecified atom stereocenters. The molecule has 0 fully saturated rings. The third-order valence-electron chi connectivity index (χ3n) is 11.4. The zero-order chi connectivity index (χ0) is 33.7. The molecule has 9 aromatic carbocycles. The molecule has 0 aromatic heterocycles. The Labute approximate surface area is 296 Å². The lowest BCUT2D eigenvalue weighted by Gasteiger charge is -2.32. The fourth-order valence-electron chi connectivity index (χ4n) is 9.34. The Hall–Kier alpha value is -6.64. The van der Waals surface area contributed by atoms with Crippen LogP contribution in [-0.4, -0.2) is 0 Å². The van der Waals surface area contributed by atoms with Crippen LogP contribution < -0.4 is 11.1 Å². The molecule has 238 valence electrons. The fraction of sp³-hybridized carbons (Fsp3) is 0.0204. The molecule has 2 aliphatic carbocycles. The summed E-state index contributed by atoms with van der Waals surface area (Å²) in [6, 6.07) is 64.5. The molecule has 3 N–H and O–H groups in total. The van der Waals surface area contributed by atoms with Crippen molar-refractivity contribution in [2.45, 2.75) is 5.41 Å². The number of hydrogen-bond donors (Lipinski definition) is 2. The van der Waals surface area contributed by atoms with Crippen LogP contribution in [0.3, 0.4) is 0 Å². The molecule has 0 bridgehead atoms. The largest absolute Gasteiger partial charge is 0.397 e. The molecule has 0 amide bonds. The second-order valence-electron chi connectivity index (χ2n) is 13.9. The van der Waals surface area contributed by atoms with Crippen molar-refractivity contribution in [3.63, 3.8) is 0 Å². The fourth-order valence-corrected chi connectivity index (χ4v) is 9.34. The Balaban J connectivity index is 1.18. The summed E-state index contributed by atoms with van der Waals surface area (Å²) in [4.78, 5) is 0.